The molecule has 0 N–H and O–H groups in total. The number of hydrogen-bond acceptors (Lipinski definition) is 4. The lowest BCUT2D eigenvalue weighted by molar-refractivity contribution is -0.136. The third-order valence-corrected chi connectivity index (χ3v) is 5.40. The summed E-state index contributed by atoms with van der Waals surface area (Å²) in [5.74, 6) is -0.643. The van der Waals surface area contributed by atoms with Crippen LogP contribution in [-0.4, -0.2) is 46.5 Å². The Morgan fingerprint density at radius 2 is 1.96 bits per heavy atom. The van der Waals surface area contributed by atoms with Crippen LogP contribution in [0.4, 0.5) is 9.18 Å². The summed E-state index contributed by atoms with van der Waals surface area (Å²) in [4.78, 5) is 39.7. The van der Waals surface area contributed by atoms with Crippen molar-refractivity contribution in [2.75, 3.05) is 19.6 Å². The molecule has 0 bridgehead atoms. The second-order valence-corrected chi connectivity index (χ2v) is 7.35. The van der Waals surface area contributed by atoms with E-state index in [1.54, 1.807) is 17.0 Å². The van der Waals surface area contributed by atoms with Gasteiger partial charge in [0.15, 0.2) is 0 Å². The lowest BCUT2D eigenvalue weighted by Crippen LogP contribution is -2.45. The van der Waals surface area contributed by atoms with Crippen LogP contribution in [0.2, 0.25) is 0 Å². The molecule has 0 spiro atoms. The van der Waals surface area contributed by atoms with Gasteiger partial charge in [0.1, 0.15) is 12.4 Å². The molecule has 5 nitrogen and oxygen atoms in total. The Bertz CT molecular complexity index is 742. The Hall–Kier alpha value is -2.15. The predicted octanol–water partition coefficient (Wildman–Crippen LogP) is 3.12. The van der Waals surface area contributed by atoms with Crippen molar-refractivity contribution in [2.24, 2.45) is 5.92 Å². The first-order valence-corrected chi connectivity index (χ1v) is 9.05. The average molecular weight is 362 g/mol. The molecule has 0 radical (unpaired) electrons. The largest absolute Gasteiger partial charge is 0.341 e. The fourth-order valence-corrected chi connectivity index (χ4v) is 3.69. The first-order valence-electron chi connectivity index (χ1n) is 8.23. The summed E-state index contributed by atoms with van der Waals surface area (Å²) in [6.45, 7) is 3.20. The maximum atomic E-state index is 13.7. The molecule has 2 aliphatic heterocycles. The first-order chi connectivity index (χ1) is 12.0. The van der Waals surface area contributed by atoms with Gasteiger partial charge in [-0.05, 0) is 42.7 Å². The fraction of sp³-hybridized carbons (Fsp3) is 0.389. The fourth-order valence-electron chi connectivity index (χ4n) is 2.86. The van der Waals surface area contributed by atoms with E-state index >= 15 is 0 Å². The predicted molar refractivity (Wildman–Crippen MR) is 94.1 cm³/mol. The SMILES string of the molecule is CC1CCN(C(=O)CN2C(=O)S/C(=C/c3ccccc3F)C2=O)CC1. The van der Waals surface area contributed by atoms with Gasteiger partial charge in [0.05, 0.1) is 4.91 Å². The molecule has 3 rings (SSSR count). The molecule has 0 aromatic heterocycles. The first kappa shape index (κ1) is 17.7. The molecule has 0 atom stereocenters. The maximum Gasteiger partial charge on any atom is 0.294 e. The third-order valence-electron chi connectivity index (χ3n) is 4.50. The minimum Gasteiger partial charge on any atom is -0.341 e. The van der Waals surface area contributed by atoms with Crippen molar-refractivity contribution in [3.8, 4) is 0 Å². The Labute approximate surface area is 149 Å². The molecule has 0 saturated carbocycles. The zero-order valence-corrected chi connectivity index (χ0v) is 14.7. The summed E-state index contributed by atoms with van der Waals surface area (Å²) >= 11 is 0.735. The standard InChI is InChI=1S/C18H19FN2O3S/c1-12-6-8-20(9-7-12)16(22)11-21-17(23)15(25-18(21)24)10-13-4-2-3-5-14(13)19/h2-5,10,12H,6-9,11H2,1H3/b15-10+. The Balaban J connectivity index is 1.69. The molecular formula is C18H19FN2O3S. The minimum absolute atomic E-state index is 0.134. The lowest BCUT2D eigenvalue weighted by Gasteiger charge is -2.31. The van der Waals surface area contributed by atoms with Gasteiger partial charge in [0.2, 0.25) is 5.91 Å². The van der Waals surface area contributed by atoms with Gasteiger partial charge in [-0.25, -0.2) is 4.39 Å². The summed E-state index contributed by atoms with van der Waals surface area (Å²) in [5, 5.41) is -0.494. The number of halogens is 1. The molecular weight excluding hydrogens is 343 g/mol. The topological polar surface area (TPSA) is 57.7 Å². The van der Waals surface area contributed by atoms with E-state index in [-0.39, 0.29) is 22.9 Å². The number of thioether (sulfide) groups is 1. The highest BCUT2D eigenvalue weighted by atomic mass is 32.2. The van der Waals surface area contributed by atoms with Gasteiger partial charge in [-0.1, -0.05) is 25.1 Å². The number of imide groups is 1. The summed E-state index contributed by atoms with van der Waals surface area (Å²) in [5.41, 5.74) is 0.240. The van der Waals surface area contributed by atoms with Crippen LogP contribution in [0.5, 0.6) is 0 Å². The molecule has 2 fully saturated rings. The van der Waals surface area contributed by atoms with Crippen LogP contribution in [-0.2, 0) is 9.59 Å². The molecule has 132 valence electrons. The van der Waals surface area contributed by atoms with Crippen LogP contribution in [0.25, 0.3) is 6.08 Å². The molecule has 1 aromatic rings. The molecule has 0 aliphatic carbocycles. The maximum absolute atomic E-state index is 13.7. The molecule has 7 heteroatoms. The second kappa shape index (κ2) is 7.39. The van der Waals surface area contributed by atoms with E-state index < -0.39 is 17.0 Å². The number of amides is 3. The number of nitrogens with zero attached hydrogens (tertiary/aromatic N) is 2. The van der Waals surface area contributed by atoms with Crippen LogP contribution < -0.4 is 0 Å². The molecule has 3 amide bonds. The lowest BCUT2D eigenvalue weighted by atomic mass is 9.99. The highest BCUT2D eigenvalue weighted by molar-refractivity contribution is 8.18. The van der Waals surface area contributed by atoms with E-state index in [4.69, 9.17) is 0 Å². The second-order valence-electron chi connectivity index (χ2n) is 6.35. The number of piperidine rings is 1. The Morgan fingerprint density at radius 1 is 1.28 bits per heavy atom. The summed E-state index contributed by atoms with van der Waals surface area (Å²) in [6, 6.07) is 6.02. The summed E-state index contributed by atoms with van der Waals surface area (Å²) < 4.78 is 13.7. The van der Waals surface area contributed by atoms with Crippen LogP contribution in [0.1, 0.15) is 25.3 Å². The Kier molecular flexibility index (Phi) is 5.22. The van der Waals surface area contributed by atoms with E-state index in [1.807, 2.05) is 0 Å². The van der Waals surface area contributed by atoms with Crippen molar-refractivity contribution in [1.29, 1.82) is 0 Å². The number of hydrogen-bond donors (Lipinski definition) is 0. The van der Waals surface area contributed by atoms with Gasteiger partial charge in [-0.15, -0.1) is 0 Å². The highest BCUT2D eigenvalue weighted by Crippen LogP contribution is 2.32. The van der Waals surface area contributed by atoms with Crippen molar-refractivity contribution in [2.45, 2.75) is 19.8 Å². The Morgan fingerprint density at radius 3 is 2.64 bits per heavy atom. The van der Waals surface area contributed by atoms with Crippen molar-refractivity contribution >= 4 is 34.9 Å². The van der Waals surface area contributed by atoms with E-state index in [0.717, 1.165) is 29.5 Å². The minimum atomic E-state index is -0.544. The van der Waals surface area contributed by atoms with Gasteiger partial charge < -0.3 is 4.90 Å². The van der Waals surface area contributed by atoms with Crippen LogP contribution in [0.15, 0.2) is 29.2 Å². The van der Waals surface area contributed by atoms with Crippen molar-refractivity contribution in [3.63, 3.8) is 0 Å². The van der Waals surface area contributed by atoms with E-state index in [2.05, 4.69) is 6.92 Å². The number of benzene rings is 1. The van der Waals surface area contributed by atoms with Gasteiger partial charge in [-0.3, -0.25) is 19.3 Å². The summed E-state index contributed by atoms with van der Waals surface area (Å²) in [6.07, 6.45) is 3.22. The molecule has 2 heterocycles. The molecule has 25 heavy (non-hydrogen) atoms. The van der Waals surface area contributed by atoms with Gasteiger partial charge in [0.25, 0.3) is 11.1 Å². The van der Waals surface area contributed by atoms with Gasteiger partial charge in [-0.2, -0.15) is 0 Å². The highest BCUT2D eigenvalue weighted by Gasteiger charge is 2.37. The van der Waals surface area contributed by atoms with Gasteiger partial charge in [0, 0.05) is 18.7 Å². The van der Waals surface area contributed by atoms with Crippen molar-refractivity contribution < 1.29 is 18.8 Å². The smallest absolute Gasteiger partial charge is 0.294 e. The van der Waals surface area contributed by atoms with Crippen LogP contribution in [0.3, 0.4) is 0 Å². The number of likely N-dealkylation sites (tertiary alicyclic amines) is 1. The summed E-state index contributed by atoms with van der Waals surface area (Å²) in [7, 11) is 0. The van der Waals surface area contributed by atoms with E-state index in [1.165, 1.54) is 18.2 Å². The zero-order valence-electron chi connectivity index (χ0n) is 13.9. The number of rotatable bonds is 3. The average Bonchev–Trinajstić information content (AvgIpc) is 2.85. The molecule has 1 aromatic carbocycles. The third kappa shape index (κ3) is 3.92. The van der Waals surface area contributed by atoms with Crippen molar-refractivity contribution in [3.05, 3.63) is 40.6 Å². The van der Waals surface area contributed by atoms with E-state index in [9.17, 15) is 18.8 Å². The van der Waals surface area contributed by atoms with E-state index in [0.29, 0.717) is 19.0 Å². The molecule has 0 unspecified atom stereocenters. The normalized spacial score (nSPS) is 20.6. The number of carbonyl (C=O) groups excluding carboxylic acids is 3. The molecule has 2 aliphatic rings. The zero-order chi connectivity index (χ0) is 18.0. The monoisotopic (exact) mass is 362 g/mol. The van der Waals surface area contributed by atoms with Crippen LogP contribution >= 0.6 is 11.8 Å². The van der Waals surface area contributed by atoms with Crippen molar-refractivity contribution in [1.82, 2.24) is 9.80 Å². The molecule has 2 saturated heterocycles. The van der Waals surface area contributed by atoms with Crippen LogP contribution in [0, 0.1) is 11.7 Å². The number of carbonyl (C=O) groups is 3. The quantitative estimate of drug-likeness (QED) is 0.775. The van der Waals surface area contributed by atoms with Gasteiger partial charge >= 0.3 is 0 Å².